The highest BCUT2D eigenvalue weighted by molar-refractivity contribution is 5.76. The van der Waals surface area contributed by atoms with Crippen LogP contribution in [-0.2, 0) is 37.0 Å². The quantitative estimate of drug-likeness (QED) is 0.0630. The van der Waals surface area contributed by atoms with E-state index in [4.69, 9.17) is 18.9 Å². The molecule has 1 N–H and O–H groups in total. The van der Waals surface area contributed by atoms with Gasteiger partial charge >= 0.3 is 5.97 Å². The SMILES string of the molecule is CCCCCCCCCCCCCC(=O)NC(COCc1ccccc1)COC(=O)CC(CCCCCCC)OCc1ccc(OC)cc1. The van der Waals surface area contributed by atoms with Gasteiger partial charge in [-0.3, -0.25) is 9.59 Å². The summed E-state index contributed by atoms with van der Waals surface area (Å²) in [4.78, 5) is 26.0. The van der Waals surface area contributed by atoms with Crippen LogP contribution in [0.1, 0.15) is 147 Å². The van der Waals surface area contributed by atoms with Crippen molar-refractivity contribution in [2.75, 3.05) is 20.3 Å². The number of hydrogen-bond acceptors (Lipinski definition) is 6. The third-order valence-electron chi connectivity index (χ3n) is 8.92. The molecule has 2 rings (SSSR count). The second-order valence-electron chi connectivity index (χ2n) is 13.4. The van der Waals surface area contributed by atoms with Gasteiger partial charge in [0.05, 0.1) is 45.5 Å². The second kappa shape index (κ2) is 28.9. The van der Waals surface area contributed by atoms with E-state index >= 15 is 0 Å². The van der Waals surface area contributed by atoms with Crippen LogP contribution < -0.4 is 10.1 Å². The van der Waals surface area contributed by atoms with Crippen LogP contribution in [0.2, 0.25) is 0 Å². The Hall–Kier alpha value is -2.90. The van der Waals surface area contributed by atoms with Crippen LogP contribution in [0.3, 0.4) is 0 Å². The molecule has 7 nitrogen and oxygen atoms in total. The maximum Gasteiger partial charge on any atom is 0.308 e. The fourth-order valence-corrected chi connectivity index (χ4v) is 5.87. The van der Waals surface area contributed by atoms with E-state index in [2.05, 4.69) is 19.2 Å². The van der Waals surface area contributed by atoms with E-state index in [9.17, 15) is 9.59 Å². The number of unbranched alkanes of at least 4 members (excludes halogenated alkanes) is 14. The normalized spacial score (nSPS) is 12.4. The fourth-order valence-electron chi connectivity index (χ4n) is 5.87. The number of rotatable bonds is 31. The van der Waals surface area contributed by atoms with Crippen LogP contribution in [0, 0.1) is 0 Å². The maximum absolute atomic E-state index is 13.1. The van der Waals surface area contributed by atoms with Gasteiger partial charge in [0.2, 0.25) is 5.91 Å². The predicted molar refractivity (Wildman–Crippen MR) is 200 cm³/mol. The van der Waals surface area contributed by atoms with E-state index in [1.54, 1.807) is 7.11 Å². The molecule has 0 fully saturated rings. The summed E-state index contributed by atoms with van der Waals surface area (Å²) in [5.74, 6) is 0.460. The summed E-state index contributed by atoms with van der Waals surface area (Å²) in [6, 6.07) is 17.3. The lowest BCUT2D eigenvalue weighted by Crippen LogP contribution is -2.42. The van der Waals surface area contributed by atoms with Crippen molar-refractivity contribution in [3.63, 3.8) is 0 Å². The van der Waals surface area contributed by atoms with Crippen molar-refractivity contribution in [3.8, 4) is 5.75 Å². The van der Waals surface area contributed by atoms with E-state index < -0.39 is 6.04 Å². The number of benzene rings is 2. The molecule has 2 unspecified atom stereocenters. The lowest BCUT2D eigenvalue weighted by molar-refractivity contribution is -0.149. The lowest BCUT2D eigenvalue weighted by atomic mass is 10.1. The van der Waals surface area contributed by atoms with E-state index in [0.717, 1.165) is 49.0 Å². The summed E-state index contributed by atoms with van der Waals surface area (Å²) >= 11 is 0. The highest BCUT2D eigenvalue weighted by atomic mass is 16.5. The van der Waals surface area contributed by atoms with Gasteiger partial charge < -0.3 is 24.3 Å². The van der Waals surface area contributed by atoms with Crippen LogP contribution in [0.15, 0.2) is 54.6 Å². The first-order valence-corrected chi connectivity index (χ1v) is 19.3. The average molecular weight is 682 g/mol. The van der Waals surface area contributed by atoms with Gasteiger partial charge in [0.1, 0.15) is 12.4 Å². The molecule has 0 radical (unpaired) electrons. The van der Waals surface area contributed by atoms with Gasteiger partial charge in [0, 0.05) is 6.42 Å². The summed E-state index contributed by atoms with van der Waals surface area (Å²) < 4.78 is 23.2. The van der Waals surface area contributed by atoms with E-state index in [-0.39, 0.29) is 37.6 Å². The van der Waals surface area contributed by atoms with E-state index in [1.807, 2.05) is 54.6 Å². The van der Waals surface area contributed by atoms with Gasteiger partial charge in [0.25, 0.3) is 0 Å². The molecule has 0 aliphatic carbocycles. The molecule has 0 heterocycles. The molecule has 49 heavy (non-hydrogen) atoms. The number of amides is 1. The second-order valence-corrected chi connectivity index (χ2v) is 13.4. The van der Waals surface area contributed by atoms with Gasteiger partial charge in [-0.15, -0.1) is 0 Å². The zero-order valence-corrected chi connectivity index (χ0v) is 31.1. The minimum Gasteiger partial charge on any atom is -0.497 e. The van der Waals surface area contributed by atoms with Crippen LogP contribution in [0.5, 0.6) is 5.75 Å². The largest absolute Gasteiger partial charge is 0.497 e. The molecule has 0 saturated carbocycles. The fraction of sp³-hybridized carbons (Fsp3) is 0.667. The van der Waals surface area contributed by atoms with Gasteiger partial charge in [-0.25, -0.2) is 0 Å². The highest BCUT2D eigenvalue weighted by Crippen LogP contribution is 2.18. The first-order valence-electron chi connectivity index (χ1n) is 19.3. The van der Waals surface area contributed by atoms with Crippen molar-refractivity contribution < 1.29 is 28.5 Å². The number of esters is 1. The predicted octanol–water partition coefficient (Wildman–Crippen LogP) is 10.3. The van der Waals surface area contributed by atoms with Crippen molar-refractivity contribution >= 4 is 11.9 Å². The van der Waals surface area contributed by atoms with Crippen LogP contribution >= 0.6 is 0 Å². The Morgan fingerprint density at radius 1 is 0.653 bits per heavy atom. The molecule has 1 amide bonds. The molecule has 0 aliphatic heterocycles. The van der Waals surface area contributed by atoms with Gasteiger partial charge in [-0.1, -0.05) is 153 Å². The van der Waals surface area contributed by atoms with Crippen LogP contribution in [0.4, 0.5) is 0 Å². The summed E-state index contributed by atoms with van der Waals surface area (Å²) in [7, 11) is 1.65. The van der Waals surface area contributed by atoms with Crippen molar-refractivity contribution in [1.29, 1.82) is 0 Å². The van der Waals surface area contributed by atoms with Crippen molar-refractivity contribution in [2.24, 2.45) is 0 Å². The first kappa shape index (κ1) is 42.3. The molecule has 0 bridgehead atoms. The number of hydrogen-bond donors (Lipinski definition) is 1. The first-order chi connectivity index (χ1) is 24.0. The minimum absolute atomic E-state index is 0.0203. The number of ether oxygens (including phenoxy) is 4. The van der Waals surface area contributed by atoms with Gasteiger partial charge in [-0.2, -0.15) is 0 Å². The molecule has 2 aromatic carbocycles. The summed E-state index contributed by atoms with van der Waals surface area (Å²) in [6.45, 7) is 5.64. The average Bonchev–Trinajstić information content (AvgIpc) is 3.12. The van der Waals surface area contributed by atoms with Crippen molar-refractivity contribution in [3.05, 3.63) is 65.7 Å². The topological polar surface area (TPSA) is 83.1 Å². The van der Waals surface area contributed by atoms with Crippen molar-refractivity contribution in [2.45, 2.75) is 161 Å². The summed E-state index contributed by atoms with van der Waals surface area (Å²) in [6.07, 6.45) is 20.6. The van der Waals surface area contributed by atoms with E-state index in [0.29, 0.717) is 19.6 Å². The lowest BCUT2D eigenvalue weighted by Gasteiger charge is -2.21. The van der Waals surface area contributed by atoms with Gasteiger partial charge in [-0.05, 0) is 36.1 Å². The number of carbonyl (C=O) groups is 2. The Morgan fingerprint density at radius 3 is 1.84 bits per heavy atom. The third kappa shape index (κ3) is 22.4. The molecular formula is C42H67NO6. The van der Waals surface area contributed by atoms with Crippen LogP contribution in [0.25, 0.3) is 0 Å². The monoisotopic (exact) mass is 681 g/mol. The number of nitrogens with one attached hydrogen (secondary N) is 1. The molecule has 0 spiro atoms. The molecule has 276 valence electrons. The Kier molecular flexibility index (Phi) is 24.9. The molecule has 0 saturated heterocycles. The Morgan fingerprint density at radius 2 is 1.22 bits per heavy atom. The number of methoxy groups -OCH3 is 1. The Labute approximate surface area is 298 Å². The molecule has 2 atom stereocenters. The number of carbonyl (C=O) groups excluding carboxylic acids is 2. The molecule has 7 heteroatoms. The standard InChI is InChI=1S/C42H67NO6/c1-4-6-8-10-11-12-13-14-15-17-22-26-41(44)43-38(34-47-32-36-23-19-18-20-24-36)35-49-42(45)31-40(25-21-16-9-7-5-2)48-33-37-27-29-39(46-3)30-28-37/h18-20,23-24,27-30,38,40H,4-17,21-22,25-26,31-35H2,1-3H3,(H,43,44). The maximum atomic E-state index is 13.1. The zero-order chi connectivity index (χ0) is 35.2. The Balaban J connectivity index is 1.82. The Bertz CT molecular complexity index is 1080. The van der Waals surface area contributed by atoms with E-state index in [1.165, 1.54) is 77.0 Å². The summed E-state index contributed by atoms with van der Waals surface area (Å²) in [5, 5.41) is 3.07. The smallest absolute Gasteiger partial charge is 0.308 e. The molecule has 0 aliphatic rings. The summed E-state index contributed by atoms with van der Waals surface area (Å²) in [5.41, 5.74) is 2.09. The van der Waals surface area contributed by atoms with Crippen molar-refractivity contribution in [1.82, 2.24) is 5.32 Å². The van der Waals surface area contributed by atoms with Gasteiger partial charge in [0.15, 0.2) is 0 Å². The molecule has 2 aromatic rings. The zero-order valence-electron chi connectivity index (χ0n) is 31.1. The minimum atomic E-state index is -0.416. The third-order valence-corrected chi connectivity index (χ3v) is 8.92. The van der Waals surface area contributed by atoms with Crippen LogP contribution in [-0.4, -0.2) is 44.3 Å². The molecular weight excluding hydrogens is 614 g/mol. The highest BCUT2D eigenvalue weighted by Gasteiger charge is 2.19. The molecule has 0 aromatic heterocycles.